The van der Waals surface area contributed by atoms with Gasteiger partial charge in [-0.25, -0.2) is 4.98 Å². The predicted molar refractivity (Wildman–Crippen MR) is 72.4 cm³/mol. The Morgan fingerprint density at radius 3 is 2.84 bits per heavy atom. The van der Waals surface area contributed by atoms with Crippen LogP contribution >= 0.6 is 0 Å². The molecule has 0 saturated carbocycles. The fraction of sp³-hybridized carbons (Fsp3) is 0.154. The van der Waals surface area contributed by atoms with Crippen molar-refractivity contribution in [3.05, 3.63) is 42.4 Å². The van der Waals surface area contributed by atoms with Crippen molar-refractivity contribution in [2.45, 2.75) is 0 Å². The van der Waals surface area contributed by atoms with Gasteiger partial charge in [-0.15, -0.1) is 0 Å². The van der Waals surface area contributed by atoms with Crippen molar-refractivity contribution in [1.29, 1.82) is 0 Å². The Kier molecular flexibility index (Phi) is 3.61. The zero-order valence-corrected chi connectivity index (χ0v) is 10.7. The number of aromatic nitrogens is 2. The van der Waals surface area contributed by atoms with E-state index in [1.54, 1.807) is 23.2 Å². The van der Waals surface area contributed by atoms with Crippen LogP contribution in [0.15, 0.2) is 36.8 Å². The normalized spacial score (nSPS) is 10.0. The highest BCUT2D eigenvalue weighted by atomic mass is 16.3. The van der Waals surface area contributed by atoms with E-state index in [4.69, 9.17) is 0 Å². The van der Waals surface area contributed by atoms with Crippen LogP contribution in [0.4, 0.5) is 11.5 Å². The van der Waals surface area contributed by atoms with Gasteiger partial charge in [-0.1, -0.05) is 0 Å². The average Bonchev–Trinajstić information content (AvgIpc) is 2.39. The minimum Gasteiger partial charge on any atom is -0.506 e. The molecule has 1 amide bonds. The lowest BCUT2D eigenvalue weighted by Gasteiger charge is -2.16. The summed E-state index contributed by atoms with van der Waals surface area (Å²) >= 11 is 0. The number of rotatable bonds is 3. The molecule has 6 heteroatoms. The molecule has 0 atom stereocenters. The van der Waals surface area contributed by atoms with Crippen molar-refractivity contribution in [3.63, 3.8) is 0 Å². The van der Waals surface area contributed by atoms with Gasteiger partial charge in [-0.3, -0.25) is 9.78 Å². The molecule has 2 rings (SSSR count). The van der Waals surface area contributed by atoms with E-state index >= 15 is 0 Å². The number of pyridine rings is 2. The number of amides is 1. The van der Waals surface area contributed by atoms with Crippen LogP contribution in [0.5, 0.6) is 5.75 Å². The molecule has 0 fully saturated rings. The second-order valence-electron chi connectivity index (χ2n) is 4.15. The molecule has 2 aromatic rings. The second-order valence-corrected chi connectivity index (χ2v) is 4.15. The summed E-state index contributed by atoms with van der Waals surface area (Å²) in [6, 6.07) is 4.85. The van der Waals surface area contributed by atoms with Crippen molar-refractivity contribution in [2.75, 3.05) is 24.3 Å². The molecule has 2 heterocycles. The molecule has 0 aromatic carbocycles. The van der Waals surface area contributed by atoms with Crippen molar-refractivity contribution in [1.82, 2.24) is 9.97 Å². The summed E-state index contributed by atoms with van der Waals surface area (Å²) in [5.74, 6) is 0.259. The van der Waals surface area contributed by atoms with Crippen molar-refractivity contribution >= 4 is 17.4 Å². The molecular formula is C13H14N4O2. The maximum atomic E-state index is 12.0. The first kappa shape index (κ1) is 12.8. The van der Waals surface area contributed by atoms with Crippen LogP contribution in [-0.2, 0) is 0 Å². The minimum atomic E-state index is -0.348. The van der Waals surface area contributed by atoms with Crippen LogP contribution in [0.25, 0.3) is 0 Å². The van der Waals surface area contributed by atoms with E-state index in [1.165, 1.54) is 18.5 Å². The topological polar surface area (TPSA) is 78.4 Å². The Balaban J connectivity index is 2.24. The van der Waals surface area contributed by atoms with Crippen LogP contribution in [0, 0.1) is 0 Å². The van der Waals surface area contributed by atoms with Gasteiger partial charge >= 0.3 is 0 Å². The minimum absolute atomic E-state index is 0.0494. The van der Waals surface area contributed by atoms with Crippen LogP contribution in [0.3, 0.4) is 0 Å². The zero-order valence-electron chi connectivity index (χ0n) is 10.7. The molecule has 0 spiro atoms. The number of anilines is 2. The Labute approximate surface area is 110 Å². The zero-order chi connectivity index (χ0) is 13.8. The van der Waals surface area contributed by atoms with Gasteiger partial charge in [0.1, 0.15) is 5.75 Å². The predicted octanol–water partition coefficient (Wildman–Crippen LogP) is 1.50. The Morgan fingerprint density at radius 1 is 1.37 bits per heavy atom. The van der Waals surface area contributed by atoms with E-state index in [-0.39, 0.29) is 17.2 Å². The number of carbonyl (C=O) groups excluding carboxylic acids is 1. The van der Waals surface area contributed by atoms with Crippen LogP contribution < -0.4 is 10.2 Å². The molecule has 19 heavy (non-hydrogen) atoms. The first-order valence-electron chi connectivity index (χ1n) is 5.65. The third-order valence-corrected chi connectivity index (χ3v) is 2.44. The Bertz CT molecular complexity index is 599. The Hall–Kier alpha value is -2.63. The summed E-state index contributed by atoms with van der Waals surface area (Å²) in [6.07, 6.45) is 4.31. The SMILES string of the molecule is CN(C)c1ncccc1NC(=O)c1cncc(O)c1. The third kappa shape index (κ3) is 2.98. The lowest BCUT2D eigenvalue weighted by molar-refractivity contribution is 0.102. The van der Waals surface area contributed by atoms with Crippen molar-refractivity contribution < 1.29 is 9.90 Å². The smallest absolute Gasteiger partial charge is 0.257 e. The fourth-order valence-electron chi connectivity index (χ4n) is 1.60. The number of aromatic hydroxyl groups is 1. The standard InChI is InChI=1S/C13H14N4O2/c1-17(2)12-11(4-3-5-15-12)16-13(19)9-6-10(18)8-14-7-9/h3-8,18H,1-2H3,(H,16,19). The summed E-state index contributed by atoms with van der Waals surface area (Å²) in [5, 5.41) is 12.0. The molecule has 0 aliphatic rings. The summed E-state index contributed by atoms with van der Waals surface area (Å²) in [4.78, 5) is 21.8. The monoisotopic (exact) mass is 258 g/mol. The van der Waals surface area contributed by atoms with Gasteiger partial charge in [0.05, 0.1) is 17.4 Å². The molecule has 0 aliphatic heterocycles. The van der Waals surface area contributed by atoms with Gasteiger partial charge in [-0.2, -0.15) is 0 Å². The quantitative estimate of drug-likeness (QED) is 0.872. The highest BCUT2D eigenvalue weighted by Crippen LogP contribution is 2.21. The lowest BCUT2D eigenvalue weighted by Crippen LogP contribution is -2.17. The molecule has 2 aromatic heterocycles. The van der Waals surface area contributed by atoms with Crippen molar-refractivity contribution in [2.24, 2.45) is 0 Å². The first-order chi connectivity index (χ1) is 9.08. The molecule has 0 bridgehead atoms. The summed E-state index contributed by atoms with van der Waals surface area (Å²) in [6.45, 7) is 0. The molecular weight excluding hydrogens is 244 g/mol. The molecule has 2 N–H and O–H groups in total. The fourth-order valence-corrected chi connectivity index (χ4v) is 1.60. The van der Waals surface area contributed by atoms with E-state index in [9.17, 15) is 9.90 Å². The molecule has 0 unspecified atom stereocenters. The van der Waals surface area contributed by atoms with Crippen LogP contribution in [0.1, 0.15) is 10.4 Å². The van der Waals surface area contributed by atoms with Crippen LogP contribution in [0.2, 0.25) is 0 Å². The second kappa shape index (κ2) is 5.34. The maximum Gasteiger partial charge on any atom is 0.257 e. The number of hydrogen-bond acceptors (Lipinski definition) is 5. The van der Waals surface area contributed by atoms with Gasteiger partial charge in [0.2, 0.25) is 0 Å². The highest BCUT2D eigenvalue weighted by molar-refractivity contribution is 6.05. The average molecular weight is 258 g/mol. The van der Waals surface area contributed by atoms with Crippen LogP contribution in [-0.4, -0.2) is 35.1 Å². The Morgan fingerprint density at radius 2 is 2.16 bits per heavy atom. The number of nitrogens with zero attached hydrogens (tertiary/aromatic N) is 3. The molecule has 0 aliphatic carbocycles. The van der Waals surface area contributed by atoms with Gasteiger partial charge in [0.25, 0.3) is 5.91 Å². The van der Waals surface area contributed by atoms with Gasteiger partial charge in [0.15, 0.2) is 5.82 Å². The van der Waals surface area contributed by atoms with Gasteiger partial charge in [0, 0.05) is 26.5 Å². The van der Waals surface area contributed by atoms with E-state index < -0.39 is 0 Å². The van der Waals surface area contributed by atoms with E-state index in [2.05, 4.69) is 15.3 Å². The number of nitrogens with one attached hydrogen (secondary N) is 1. The first-order valence-corrected chi connectivity index (χ1v) is 5.65. The van der Waals surface area contributed by atoms with Gasteiger partial charge < -0.3 is 15.3 Å². The molecule has 6 nitrogen and oxygen atoms in total. The highest BCUT2D eigenvalue weighted by Gasteiger charge is 2.11. The van der Waals surface area contributed by atoms with E-state index in [1.807, 2.05) is 14.1 Å². The van der Waals surface area contributed by atoms with Gasteiger partial charge in [-0.05, 0) is 18.2 Å². The third-order valence-electron chi connectivity index (χ3n) is 2.44. The van der Waals surface area contributed by atoms with Crippen molar-refractivity contribution in [3.8, 4) is 5.75 Å². The molecule has 0 radical (unpaired) electrons. The van der Waals surface area contributed by atoms with E-state index in [0.29, 0.717) is 11.5 Å². The summed E-state index contributed by atoms with van der Waals surface area (Å²) in [7, 11) is 3.68. The number of carbonyl (C=O) groups is 1. The number of hydrogen-bond donors (Lipinski definition) is 2. The summed E-state index contributed by atoms with van der Waals surface area (Å²) < 4.78 is 0. The molecule has 98 valence electrons. The largest absolute Gasteiger partial charge is 0.506 e. The summed E-state index contributed by atoms with van der Waals surface area (Å²) in [5.41, 5.74) is 0.884. The molecule has 0 saturated heterocycles. The van der Waals surface area contributed by atoms with E-state index in [0.717, 1.165) is 0 Å². The maximum absolute atomic E-state index is 12.0. The lowest BCUT2D eigenvalue weighted by atomic mass is 10.2.